The third-order valence-electron chi connectivity index (χ3n) is 5.97. The van der Waals surface area contributed by atoms with Crippen molar-refractivity contribution in [1.29, 1.82) is 0 Å². The Bertz CT molecular complexity index is 1060. The molecule has 0 unspecified atom stereocenters. The van der Waals surface area contributed by atoms with Crippen LogP contribution in [-0.4, -0.2) is 74.6 Å². The molecule has 6 N–H and O–H groups in total. The third-order valence-corrected chi connectivity index (χ3v) is 5.97. The Balaban J connectivity index is 1.72. The summed E-state index contributed by atoms with van der Waals surface area (Å²) in [4.78, 5) is 12.9. The van der Waals surface area contributed by atoms with Crippen LogP contribution in [0.4, 0.5) is 0 Å². The summed E-state index contributed by atoms with van der Waals surface area (Å²) < 4.78 is 10.6. The SMILES string of the molecule is COc1ccc(C2=CC(=O)c3c(cc(O)c([C@@H]4O[C@H](CO)[C@@H](O)[C@H](O)[C@H]4O)c3O)C2)cc1. The topological polar surface area (TPSA) is 157 Å². The van der Waals surface area contributed by atoms with Crippen LogP contribution in [0.3, 0.4) is 0 Å². The van der Waals surface area contributed by atoms with Crippen molar-refractivity contribution < 1.29 is 44.9 Å². The summed E-state index contributed by atoms with van der Waals surface area (Å²) in [6.07, 6.45) is -6.07. The van der Waals surface area contributed by atoms with Gasteiger partial charge in [-0.1, -0.05) is 12.1 Å². The van der Waals surface area contributed by atoms with Gasteiger partial charge in [-0.05, 0) is 47.4 Å². The highest BCUT2D eigenvalue weighted by Crippen LogP contribution is 2.46. The van der Waals surface area contributed by atoms with E-state index in [1.165, 1.54) is 12.1 Å². The van der Waals surface area contributed by atoms with E-state index in [1.807, 2.05) is 0 Å². The lowest BCUT2D eigenvalue weighted by Gasteiger charge is -2.40. The zero-order valence-electron chi connectivity index (χ0n) is 17.2. The lowest BCUT2D eigenvalue weighted by Crippen LogP contribution is -2.55. The average molecular weight is 444 g/mol. The molecule has 1 aliphatic heterocycles. The lowest BCUT2D eigenvalue weighted by atomic mass is 9.83. The van der Waals surface area contributed by atoms with E-state index in [1.54, 1.807) is 31.4 Å². The molecule has 0 aromatic heterocycles. The van der Waals surface area contributed by atoms with Gasteiger partial charge in [0.05, 0.1) is 24.8 Å². The van der Waals surface area contributed by atoms with Crippen molar-refractivity contribution in [3.05, 3.63) is 58.7 Å². The molecule has 0 bridgehead atoms. The van der Waals surface area contributed by atoms with Crippen LogP contribution in [0.15, 0.2) is 36.4 Å². The number of aliphatic hydroxyl groups excluding tert-OH is 4. The van der Waals surface area contributed by atoms with Crippen LogP contribution in [0.2, 0.25) is 0 Å². The summed E-state index contributed by atoms with van der Waals surface area (Å²) in [6, 6.07) is 8.41. The highest BCUT2D eigenvalue weighted by atomic mass is 16.5. The first-order valence-corrected chi connectivity index (χ1v) is 10.0. The first kappa shape index (κ1) is 22.3. The van der Waals surface area contributed by atoms with Gasteiger partial charge < -0.3 is 40.1 Å². The Morgan fingerprint density at radius 1 is 1.06 bits per heavy atom. The minimum Gasteiger partial charge on any atom is -0.507 e. The number of aromatic hydroxyl groups is 2. The summed E-state index contributed by atoms with van der Waals surface area (Å²) in [5, 5.41) is 61.3. The average Bonchev–Trinajstić information content (AvgIpc) is 2.78. The number of ketones is 1. The van der Waals surface area contributed by atoms with Crippen LogP contribution >= 0.6 is 0 Å². The molecule has 0 spiro atoms. The molecule has 0 radical (unpaired) electrons. The van der Waals surface area contributed by atoms with E-state index in [0.29, 0.717) is 16.9 Å². The maximum atomic E-state index is 12.9. The molecular weight excluding hydrogens is 420 g/mol. The van der Waals surface area contributed by atoms with Crippen LogP contribution in [0.1, 0.15) is 33.2 Å². The summed E-state index contributed by atoms with van der Waals surface area (Å²) in [5.41, 5.74) is 1.50. The van der Waals surface area contributed by atoms with Crippen LogP contribution in [0, 0.1) is 0 Å². The summed E-state index contributed by atoms with van der Waals surface area (Å²) in [6.45, 7) is -0.666. The van der Waals surface area contributed by atoms with Crippen molar-refractivity contribution in [2.75, 3.05) is 13.7 Å². The van der Waals surface area contributed by atoms with E-state index >= 15 is 0 Å². The number of carbonyl (C=O) groups excluding carboxylic acids is 1. The van der Waals surface area contributed by atoms with E-state index < -0.39 is 54.4 Å². The van der Waals surface area contributed by atoms with Crippen LogP contribution in [0.5, 0.6) is 17.2 Å². The fourth-order valence-electron chi connectivity index (χ4n) is 4.24. The molecule has 1 fully saturated rings. The molecular formula is C23H24O9. The summed E-state index contributed by atoms with van der Waals surface area (Å²) in [7, 11) is 1.55. The van der Waals surface area contributed by atoms with E-state index in [2.05, 4.69) is 0 Å². The number of allylic oxidation sites excluding steroid dienone is 2. The molecule has 2 aromatic rings. The zero-order chi connectivity index (χ0) is 23.2. The van der Waals surface area contributed by atoms with Gasteiger partial charge in [-0.2, -0.15) is 0 Å². The van der Waals surface area contributed by atoms with Crippen LogP contribution in [0.25, 0.3) is 5.57 Å². The monoisotopic (exact) mass is 444 g/mol. The Morgan fingerprint density at radius 2 is 1.75 bits per heavy atom. The van der Waals surface area contributed by atoms with E-state index in [0.717, 1.165) is 5.56 Å². The predicted octanol–water partition coefficient (Wildman–Crippen LogP) is 0.444. The number of phenolic OH excluding ortho intramolecular Hbond substituents is 2. The molecule has 2 aliphatic rings. The first-order valence-electron chi connectivity index (χ1n) is 10.0. The lowest BCUT2D eigenvalue weighted by molar-refractivity contribution is -0.232. The smallest absolute Gasteiger partial charge is 0.190 e. The molecule has 1 heterocycles. The Kier molecular flexibility index (Phi) is 5.93. The molecule has 2 aromatic carbocycles. The fraction of sp³-hybridized carbons (Fsp3) is 0.348. The maximum absolute atomic E-state index is 12.9. The molecule has 0 saturated carbocycles. The van der Waals surface area contributed by atoms with E-state index in [-0.39, 0.29) is 17.5 Å². The summed E-state index contributed by atoms with van der Waals surface area (Å²) in [5.74, 6) is -0.870. The first-order chi connectivity index (χ1) is 15.3. The molecule has 1 saturated heterocycles. The highest BCUT2D eigenvalue weighted by Gasteiger charge is 2.46. The largest absolute Gasteiger partial charge is 0.507 e. The zero-order valence-corrected chi connectivity index (χ0v) is 17.2. The number of hydrogen-bond acceptors (Lipinski definition) is 9. The van der Waals surface area contributed by atoms with Gasteiger partial charge in [0.15, 0.2) is 5.78 Å². The van der Waals surface area contributed by atoms with Crippen molar-refractivity contribution in [3.63, 3.8) is 0 Å². The second kappa shape index (κ2) is 8.53. The normalized spacial score (nSPS) is 27.6. The van der Waals surface area contributed by atoms with E-state index in [4.69, 9.17) is 9.47 Å². The number of hydrogen-bond donors (Lipinski definition) is 6. The Labute approximate surface area is 183 Å². The number of fused-ring (bicyclic) bond motifs is 1. The van der Waals surface area contributed by atoms with Gasteiger partial charge in [0.1, 0.15) is 47.8 Å². The molecule has 4 rings (SSSR count). The quantitative estimate of drug-likeness (QED) is 0.394. The standard InChI is InChI=1S/C23H24O9/c1-31-13-4-2-10(3-5-13)11-6-12-8-15(26)18(20(28)17(12)14(25)7-11)23-22(30)21(29)19(27)16(9-24)32-23/h2-5,7-8,16,19,21-24,26-30H,6,9H2,1H3/t16-,19-,21+,22-,23+/m1/s1. The number of methoxy groups -OCH3 is 1. The maximum Gasteiger partial charge on any atom is 0.190 e. The molecule has 0 amide bonds. The molecule has 170 valence electrons. The van der Waals surface area contributed by atoms with Gasteiger partial charge in [0.2, 0.25) is 0 Å². The molecule has 5 atom stereocenters. The molecule has 9 nitrogen and oxygen atoms in total. The summed E-state index contributed by atoms with van der Waals surface area (Å²) >= 11 is 0. The number of benzene rings is 2. The van der Waals surface area contributed by atoms with Gasteiger partial charge in [0.25, 0.3) is 0 Å². The number of carbonyl (C=O) groups is 1. The third kappa shape index (κ3) is 3.64. The van der Waals surface area contributed by atoms with E-state index in [9.17, 15) is 35.4 Å². The number of rotatable bonds is 4. The van der Waals surface area contributed by atoms with Gasteiger partial charge in [-0.3, -0.25) is 4.79 Å². The van der Waals surface area contributed by atoms with Crippen molar-refractivity contribution in [2.24, 2.45) is 0 Å². The van der Waals surface area contributed by atoms with Crippen molar-refractivity contribution in [3.8, 4) is 17.2 Å². The second-order valence-corrected chi connectivity index (χ2v) is 7.88. The molecule has 1 aliphatic carbocycles. The number of ether oxygens (including phenoxy) is 2. The minimum absolute atomic E-state index is 0.0491. The Morgan fingerprint density at radius 3 is 2.38 bits per heavy atom. The van der Waals surface area contributed by atoms with Gasteiger partial charge >= 0.3 is 0 Å². The van der Waals surface area contributed by atoms with Crippen molar-refractivity contribution >= 4 is 11.4 Å². The molecule has 9 heteroatoms. The number of phenols is 2. The van der Waals surface area contributed by atoms with Crippen LogP contribution in [-0.2, 0) is 11.2 Å². The van der Waals surface area contributed by atoms with Gasteiger partial charge in [-0.25, -0.2) is 0 Å². The van der Waals surface area contributed by atoms with Crippen molar-refractivity contribution in [1.82, 2.24) is 0 Å². The fourth-order valence-corrected chi connectivity index (χ4v) is 4.24. The minimum atomic E-state index is -1.72. The molecule has 32 heavy (non-hydrogen) atoms. The highest BCUT2D eigenvalue weighted by molar-refractivity contribution is 6.14. The van der Waals surface area contributed by atoms with Crippen LogP contribution < -0.4 is 4.74 Å². The Hall–Kier alpha value is -2.95. The number of aliphatic hydroxyl groups is 4. The predicted molar refractivity (Wildman–Crippen MR) is 111 cm³/mol. The van der Waals surface area contributed by atoms with Gasteiger partial charge in [0, 0.05) is 0 Å². The second-order valence-electron chi connectivity index (χ2n) is 7.88. The van der Waals surface area contributed by atoms with Gasteiger partial charge in [-0.15, -0.1) is 0 Å². The van der Waals surface area contributed by atoms with Crippen molar-refractivity contribution in [2.45, 2.75) is 36.9 Å².